The summed E-state index contributed by atoms with van der Waals surface area (Å²) in [7, 11) is 0. The summed E-state index contributed by atoms with van der Waals surface area (Å²) in [5, 5.41) is 12.7. The molecule has 0 aromatic carbocycles. The third-order valence-corrected chi connectivity index (χ3v) is 5.37. The van der Waals surface area contributed by atoms with Crippen molar-refractivity contribution in [1.82, 2.24) is 25.8 Å². The number of nitrogens with one attached hydrogen (secondary N) is 3. The highest BCUT2D eigenvalue weighted by Gasteiger charge is 2.22. The number of H-pyrrole nitrogens is 1. The van der Waals surface area contributed by atoms with E-state index in [9.17, 15) is 9.59 Å². The number of amides is 3. The summed E-state index contributed by atoms with van der Waals surface area (Å²) in [5.41, 5.74) is 1.76. The minimum Gasteiger partial charge on any atom is -0.377 e. The molecule has 0 atom stereocenters. The van der Waals surface area contributed by atoms with Gasteiger partial charge in [0.25, 0.3) is 5.91 Å². The predicted molar refractivity (Wildman–Crippen MR) is 135 cm³/mol. The standard InChI is InChI=1S/C25H42N6O5/c1-21-7-8-23(32)31(21)20-22-19-30(29-28-22)12-14-35-16-18-36-17-15-34-13-11-27-24(33)26-10-6-5-9-25(2,3)4/h7-8,19H,1,5-6,9-18,20H2,2-4H3,(H2,26,27,33)/p+1. The Kier molecular flexibility index (Phi) is 13.2. The van der Waals surface area contributed by atoms with Gasteiger partial charge in [-0.05, 0) is 24.3 Å². The number of aromatic nitrogens is 3. The maximum atomic E-state index is 11.8. The number of allylic oxidation sites excluding steroid dienone is 1. The number of carbonyl (C=O) groups is 2. The zero-order valence-corrected chi connectivity index (χ0v) is 22.0. The fourth-order valence-corrected chi connectivity index (χ4v) is 3.37. The average molecular weight is 508 g/mol. The van der Waals surface area contributed by atoms with Crippen LogP contribution in [0.3, 0.4) is 0 Å². The van der Waals surface area contributed by atoms with Gasteiger partial charge in [0.1, 0.15) is 6.54 Å². The SMILES string of the molecule is C=C1C=CC(=O)N1Cc1c[n+](CCOCCOCCOCCNC(=O)NCCCCC(C)(C)C)[nH]n1. The van der Waals surface area contributed by atoms with Crippen LogP contribution in [0.1, 0.15) is 45.7 Å². The third kappa shape index (κ3) is 12.8. The second-order valence-electron chi connectivity index (χ2n) is 9.81. The van der Waals surface area contributed by atoms with Crippen LogP contribution in [-0.2, 0) is 32.1 Å². The smallest absolute Gasteiger partial charge is 0.314 e. The van der Waals surface area contributed by atoms with E-state index >= 15 is 0 Å². The summed E-state index contributed by atoms with van der Waals surface area (Å²) in [6.07, 6.45) is 8.30. The van der Waals surface area contributed by atoms with Crippen LogP contribution in [0.4, 0.5) is 4.79 Å². The number of rotatable bonds is 18. The molecule has 1 aliphatic rings. The zero-order chi connectivity index (χ0) is 26.2. The summed E-state index contributed by atoms with van der Waals surface area (Å²) in [4.78, 5) is 25.0. The van der Waals surface area contributed by atoms with Crippen molar-refractivity contribution in [3.63, 3.8) is 0 Å². The van der Waals surface area contributed by atoms with Crippen LogP contribution in [-0.4, -0.2) is 79.9 Å². The summed E-state index contributed by atoms with van der Waals surface area (Å²) in [5.74, 6) is -0.0831. The molecule has 36 heavy (non-hydrogen) atoms. The Bertz CT molecular complexity index is 830. The van der Waals surface area contributed by atoms with E-state index in [0.29, 0.717) is 76.9 Å². The number of hydrogen-bond donors (Lipinski definition) is 3. The first-order chi connectivity index (χ1) is 17.2. The number of ether oxygens (including phenoxy) is 3. The van der Waals surface area contributed by atoms with Gasteiger partial charge in [-0.25, -0.2) is 4.79 Å². The Balaban J connectivity index is 1.35. The van der Waals surface area contributed by atoms with Crippen LogP contribution in [0.15, 0.2) is 30.6 Å². The molecule has 0 radical (unpaired) electrons. The fourth-order valence-electron chi connectivity index (χ4n) is 3.37. The molecule has 0 bridgehead atoms. The predicted octanol–water partition coefficient (Wildman–Crippen LogP) is 1.67. The summed E-state index contributed by atoms with van der Waals surface area (Å²) >= 11 is 0. The third-order valence-electron chi connectivity index (χ3n) is 5.37. The van der Waals surface area contributed by atoms with Gasteiger partial charge in [-0.2, -0.15) is 4.68 Å². The topological polar surface area (TPSA) is 122 Å². The fraction of sp³-hybridized carbons (Fsp3) is 0.680. The minimum atomic E-state index is -0.155. The monoisotopic (exact) mass is 507 g/mol. The number of nitrogens with zero attached hydrogens (tertiary/aromatic N) is 3. The van der Waals surface area contributed by atoms with Gasteiger partial charge in [0.15, 0.2) is 6.20 Å². The molecule has 2 heterocycles. The molecule has 202 valence electrons. The average Bonchev–Trinajstić information content (AvgIpc) is 3.40. The molecule has 1 aromatic rings. The number of urea groups is 1. The highest BCUT2D eigenvalue weighted by molar-refractivity contribution is 5.92. The Morgan fingerprint density at radius 1 is 1.03 bits per heavy atom. The summed E-state index contributed by atoms with van der Waals surface area (Å²) in [6, 6.07) is -0.155. The Labute approximate surface area is 214 Å². The van der Waals surface area contributed by atoms with E-state index in [1.807, 2.05) is 10.9 Å². The molecule has 1 aromatic heterocycles. The summed E-state index contributed by atoms with van der Waals surface area (Å²) in [6.45, 7) is 15.5. The van der Waals surface area contributed by atoms with Crippen LogP contribution in [0.2, 0.25) is 0 Å². The van der Waals surface area contributed by atoms with Gasteiger partial charge in [0.2, 0.25) is 5.69 Å². The molecule has 0 unspecified atom stereocenters. The van der Waals surface area contributed by atoms with E-state index in [-0.39, 0.29) is 11.9 Å². The van der Waals surface area contributed by atoms with E-state index in [1.54, 1.807) is 11.0 Å². The van der Waals surface area contributed by atoms with Crippen LogP contribution in [0.25, 0.3) is 0 Å². The molecule has 0 spiro atoms. The largest absolute Gasteiger partial charge is 0.377 e. The molecule has 1 aliphatic heterocycles. The highest BCUT2D eigenvalue weighted by atomic mass is 16.5. The molecule has 3 amide bonds. The van der Waals surface area contributed by atoms with E-state index in [0.717, 1.165) is 25.0 Å². The molecule has 0 saturated heterocycles. The van der Waals surface area contributed by atoms with Gasteiger partial charge in [0, 0.05) is 30.0 Å². The second-order valence-corrected chi connectivity index (χ2v) is 9.81. The van der Waals surface area contributed by atoms with E-state index in [4.69, 9.17) is 14.2 Å². The number of unbranched alkanes of at least 4 members (excludes halogenated alkanes) is 1. The normalized spacial score (nSPS) is 13.6. The van der Waals surface area contributed by atoms with Crippen molar-refractivity contribution in [3.8, 4) is 0 Å². The van der Waals surface area contributed by atoms with Crippen molar-refractivity contribution < 1.29 is 28.5 Å². The lowest BCUT2D eigenvalue weighted by molar-refractivity contribution is -0.754. The first-order valence-electron chi connectivity index (χ1n) is 12.6. The quantitative estimate of drug-likeness (QED) is 0.205. The first-order valence-corrected chi connectivity index (χ1v) is 12.6. The van der Waals surface area contributed by atoms with E-state index < -0.39 is 0 Å². The molecular weight excluding hydrogens is 464 g/mol. The van der Waals surface area contributed by atoms with Crippen molar-refractivity contribution in [3.05, 3.63) is 36.3 Å². The van der Waals surface area contributed by atoms with E-state index in [2.05, 4.69) is 48.3 Å². The van der Waals surface area contributed by atoms with Crippen molar-refractivity contribution in [2.45, 2.75) is 53.1 Å². The second kappa shape index (κ2) is 16.1. The molecule has 0 saturated carbocycles. The van der Waals surface area contributed by atoms with Gasteiger partial charge in [-0.3, -0.25) is 4.79 Å². The number of carbonyl (C=O) groups excluding carboxylic acids is 2. The molecule has 11 heteroatoms. The highest BCUT2D eigenvalue weighted by Crippen LogP contribution is 2.21. The first kappa shape index (κ1) is 29.5. The van der Waals surface area contributed by atoms with Crippen LogP contribution in [0, 0.1) is 5.41 Å². The van der Waals surface area contributed by atoms with Crippen LogP contribution in [0.5, 0.6) is 0 Å². The lowest BCUT2D eigenvalue weighted by Gasteiger charge is -2.17. The maximum absolute atomic E-state index is 11.8. The lowest BCUT2D eigenvalue weighted by atomic mass is 9.90. The van der Waals surface area contributed by atoms with Gasteiger partial charge in [-0.15, -0.1) is 0 Å². The Hall–Kier alpha value is -2.76. The van der Waals surface area contributed by atoms with Crippen molar-refractivity contribution >= 4 is 11.9 Å². The Morgan fingerprint density at radius 2 is 1.69 bits per heavy atom. The van der Waals surface area contributed by atoms with Crippen molar-refractivity contribution in [2.75, 3.05) is 52.7 Å². The summed E-state index contributed by atoms with van der Waals surface area (Å²) < 4.78 is 18.3. The number of hydrogen-bond acceptors (Lipinski definition) is 6. The van der Waals surface area contributed by atoms with Crippen molar-refractivity contribution in [2.24, 2.45) is 5.41 Å². The van der Waals surface area contributed by atoms with Gasteiger partial charge >= 0.3 is 6.03 Å². The Morgan fingerprint density at radius 3 is 2.36 bits per heavy atom. The maximum Gasteiger partial charge on any atom is 0.314 e. The van der Waals surface area contributed by atoms with Gasteiger partial charge < -0.3 is 29.7 Å². The lowest BCUT2D eigenvalue weighted by Crippen LogP contribution is -2.38. The van der Waals surface area contributed by atoms with Gasteiger partial charge in [-0.1, -0.05) is 39.0 Å². The minimum absolute atomic E-state index is 0.0831. The van der Waals surface area contributed by atoms with Crippen molar-refractivity contribution in [1.29, 1.82) is 0 Å². The molecule has 0 fully saturated rings. The molecule has 3 N–H and O–H groups in total. The van der Waals surface area contributed by atoms with Crippen LogP contribution >= 0.6 is 0 Å². The zero-order valence-electron chi connectivity index (χ0n) is 22.0. The van der Waals surface area contributed by atoms with Crippen LogP contribution < -0.4 is 15.3 Å². The molecular formula is C25H43N6O5+. The van der Waals surface area contributed by atoms with E-state index in [1.165, 1.54) is 6.08 Å². The van der Waals surface area contributed by atoms with Gasteiger partial charge in [0.05, 0.1) is 46.2 Å². The number of aromatic amines is 1. The molecule has 2 rings (SSSR count). The molecule has 11 nitrogen and oxygen atoms in total. The molecule has 0 aliphatic carbocycles.